The molecular weight excluding hydrogens is 353 g/mol. The Bertz CT molecular complexity index is 700. The zero-order chi connectivity index (χ0) is 19.9. The molecule has 144 valence electrons. The number of fused-ring (bicyclic) bond motifs is 1. The number of likely N-dealkylation sites (N-methyl/N-ethyl adjacent to an activating group) is 1. The van der Waals surface area contributed by atoms with Gasteiger partial charge in [0.15, 0.2) is 0 Å². The van der Waals surface area contributed by atoms with Crippen molar-refractivity contribution in [2.75, 3.05) is 18.5 Å². The first-order chi connectivity index (χ1) is 11.8. The Labute approximate surface area is 149 Å². The van der Waals surface area contributed by atoms with Crippen LogP contribution < -0.4 is 4.90 Å². The molecule has 26 heavy (non-hydrogen) atoms. The molecule has 0 saturated heterocycles. The monoisotopic (exact) mass is 374 g/mol. The van der Waals surface area contributed by atoms with Crippen molar-refractivity contribution >= 4 is 17.7 Å². The van der Waals surface area contributed by atoms with E-state index in [2.05, 4.69) is 0 Å². The molecule has 2 atom stereocenters. The quantitative estimate of drug-likeness (QED) is 0.821. The number of anilines is 1. The fraction of sp³-hybridized carbons (Fsp3) is 0.529. The summed E-state index contributed by atoms with van der Waals surface area (Å²) >= 11 is 0. The summed E-state index contributed by atoms with van der Waals surface area (Å²) in [6.07, 6.45) is -7.20. The zero-order valence-corrected chi connectivity index (χ0v) is 14.9. The topological polar surface area (TPSA) is 70.1 Å². The summed E-state index contributed by atoms with van der Waals surface area (Å²) in [6.45, 7) is 4.73. The van der Waals surface area contributed by atoms with Gasteiger partial charge < -0.3 is 14.7 Å². The summed E-state index contributed by atoms with van der Waals surface area (Å²) in [5, 5.41) is 10.4. The smallest absolute Gasteiger partial charge is 0.443 e. The summed E-state index contributed by atoms with van der Waals surface area (Å²) in [5.74, 6) is -2.07. The molecule has 0 bridgehead atoms. The van der Waals surface area contributed by atoms with Gasteiger partial charge in [0.2, 0.25) is 0 Å². The Hall–Kier alpha value is -2.29. The maximum atomic E-state index is 12.8. The van der Waals surface area contributed by atoms with E-state index in [1.165, 1.54) is 12.1 Å². The lowest BCUT2D eigenvalue weighted by atomic mass is 9.93. The van der Waals surface area contributed by atoms with Gasteiger partial charge >= 0.3 is 18.2 Å². The summed E-state index contributed by atoms with van der Waals surface area (Å²) in [4.78, 5) is 25.6. The average Bonchev–Trinajstić information content (AvgIpc) is 2.50. The van der Waals surface area contributed by atoms with Crippen LogP contribution in [0.25, 0.3) is 0 Å². The maximum Gasteiger partial charge on any atom is 0.471 e. The van der Waals surface area contributed by atoms with E-state index in [1.807, 2.05) is 0 Å². The Morgan fingerprint density at radius 2 is 1.81 bits per heavy atom. The van der Waals surface area contributed by atoms with Crippen molar-refractivity contribution in [1.29, 1.82) is 0 Å². The Morgan fingerprint density at radius 1 is 1.23 bits per heavy atom. The molecule has 0 spiro atoms. The lowest BCUT2D eigenvalue weighted by Crippen LogP contribution is -2.52. The van der Waals surface area contributed by atoms with Gasteiger partial charge in [-0.25, -0.2) is 4.79 Å². The van der Waals surface area contributed by atoms with E-state index in [4.69, 9.17) is 4.74 Å². The first-order valence-electron chi connectivity index (χ1n) is 7.94. The van der Waals surface area contributed by atoms with Crippen LogP contribution in [-0.4, -0.2) is 53.5 Å². The molecule has 1 heterocycles. The lowest BCUT2D eigenvalue weighted by Gasteiger charge is -2.41. The highest BCUT2D eigenvalue weighted by molar-refractivity contribution is 5.90. The van der Waals surface area contributed by atoms with Crippen molar-refractivity contribution in [3.63, 3.8) is 0 Å². The molecule has 9 heteroatoms. The molecule has 0 aromatic heterocycles. The molecule has 0 unspecified atom stereocenters. The second-order valence-corrected chi connectivity index (χ2v) is 7.08. The maximum absolute atomic E-state index is 12.8. The number of benzene rings is 1. The van der Waals surface area contributed by atoms with E-state index < -0.39 is 35.9 Å². The number of ether oxygens (including phenoxy) is 1. The van der Waals surface area contributed by atoms with Gasteiger partial charge in [-0.15, -0.1) is 0 Å². The first-order valence-corrected chi connectivity index (χ1v) is 7.94. The average molecular weight is 374 g/mol. The van der Waals surface area contributed by atoms with Crippen LogP contribution in [0.4, 0.5) is 23.7 Å². The molecular formula is C17H21F3N2O4. The summed E-state index contributed by atoms with van der Waals surface area (Å²) in [5.41, 5.74) is -0.257. The van der Waals surface area contributed by atoms with Gasteiger partial charge in [0.25, 0.3) is 0 Å². The largest absolute Gasteiger partial charge is 0.471 e. The standard InChI is InChI=1S/C17H21F3N2O4/c1-16(2,3)26-15(25)22-9-12(23)13(10-7-5-6-8-11(10)22)21(4)14(24)17(18,19)20/h5-8,12-13,23H,9H2,1-4H3/t12-,13-/m0/s1. The zero-order valence-electron chi connectivity index (χ0n) is 14.9. The molecule has 1 aromatic carbocycles. The van der Waals surface area contributed by atoms with Gasteiger partial charge in [-0.2, -0.15) is 13.2 Å². The number of hydrogen-bond donors (Lipinski definition) is 1. The lowest BCUT2D eigenvalue weighted by molar-refractivity contribution is -0.188. The number of alkyl halides is 3. The molecule has 0 fully saturated rings. The van der Waals surface area contributed by atoms with Crippen molar-refractivity contribution in [2.45, 2.75) is 44.7 Å². The Balaban J connectivity index is 2.41. The minimum Gasteiger partial charge on any atom is -0.443 e. The van der Waals surface area contributed by atoms with Gasteiger partial charge in [-0.05, 0) is 26.8 Å². The number of carbonyl (C=O) groups is 2. The minimum atomic E-state index is -5.06. The number of hydrogen-bond acceptors (Lipinski definition) is 4. The molecule has 2 amide bonds. The van der Waals surface area contributed by atoms with Crippen LogP contribution in [0.5, 0.6) is 0 Å². The van der Waals surface area contributed by atoms with Gasteiger partial charge in [-0.1, -0.05) is 18.2 Å². The molecule has 2 rings (SSSR count). The fourth-order valence-corrected chi connectivity index (χ4v) is 2.86. The second-order valence-electron chi connectivity index (χ2n) is 7.08. The first kappa shape index (κ1) is 20.0. The van der Waals surface area contributed by atoms with Crippen LogP contribution in [0.15, 0.2) is 24.3 Å². The molecule has 1 aliphatic heterocycles. The van der Waals surface area contributed by atoms with Crippen molar-refractivity contribution in [3.05, 3.63) is 29.8 Å². The SMILES string of the molecule is CN(C(=O)C(F)(F)F)[C@H]1c2ccccc2N(C(=O)OC(C)(C)C)C[C@@H]1O. The van der Waals surface area contributed by atoms with Gasteiger partial charge in [-0.3, -0.25) is 9.69 Å². The minimum absolute atomic E-state index is 0.234. The van der Waals surface area contributed by atoms with Crippen molar-refractivity contribution in [1.82, 2.24) is 4.90 Å². The van der Waals surface area contributed by atoms with Gasteiger partial charge in [0, 0.05) is 12.6 Å². The number of carbonyl (C=O) groups excluding carboxylic acids is 2. The van der Waals surface area contributed by atoms with Crippen LogP contribution in [0.1, 0.15) is 32.4 Å². The van der Waals surface area contributed by atoms with Crippen LogP contribution in [-0.2, 0) is 9.53 Å². The van der Waals surface area contributed by atoms with Crippen molar-refractivity contribution in [2.24, 2.45) is 0 Å². The van der Waals surface area contributed by atoms with E-state index in [9.17, 15) is 27.9 Å². The second kappa shape index (κ2) is 6.79. The third-order valence-corrected chi connectivity index (χ3v) is 3.87. The van der Waals surface area contributed by atoms with E-state index in [0.29, 0.717) is 10.6 Å². The summed E-state index contributed by atoms with van der Waals surface area (Å²) < 4.78 is 43.7. The molecule has 1 aliphatic rings. The number of aliphatic hydroxyl groups excluding tert-OH is 1. The summed E-state index contributed by atoms with van der Waals surface area (Å²) in [7, 11) is 0.976. The van der Waals surface area contributed by atoms with E-state index >= 15 is 0 Å². The highest BCUT2D eigenvalue weighted by Crippen LogP contribution is 2.39. The normalized spacial score (nSPS) is 20.4. The summed E-state index contributed by atoms with van der Waals surface area (Å²) in [6, 6.07) is 4.93. The van der Waals surface area contributed by atoms with Crippen molar-refractivity contribution in [3.8, 4) is 0 Å². The number of β-amino-alcohol motifs (C(OH)–C–C–N with tert-alkyl or cyclic N) is 1. The highest BCUT2D eigenvalue weighted by atomic mass is 19.4. The number of halogens is 3. The number of rotatable bonds is 1. The van der Waals surface area contributed by atoms with E-state index in [-0.39, 0.29) is 12.1 Å². The molecule has 1 N–H and O–H groups in total. The van der Waals surface area contributed by atoms with Crippen LogP contribution in [0, 0.1) is 0 Å². The van der Waals surface area contributed by atoms with Crippen LogP contribution in [0.3, 0.4) is 0 Å². The molecule has 6 nitrogen and oxygen atoms in total. The van der Waals surface area contributed by atoms with E-state index in [1.54, 1.807) is 32.9 Å². The molecule has 0 saturated carbocycles. The number of amides is 2. The van der Waals surface area contributed by atoms with Gasteiger partial charge in [0.05, 0.1) is 24.4 Å². The fourth-order valence-electron chi connectivity index (χ4n) is 2.86. The predicted molar refractivity (Wildman–Crippen MR) is 87.6 cm³/mol. The van der Waals surface area contributed by atoms with Crippen molar-refractivity contribution < 1.29 is 32.6 Å². The predicted octanol–water partition coefficient (Wildman–Crippen LogP) is 2.86. The number of para-hydroxylation sites is 1. The highest BCUT2D eigenvalue weighted by Gasteiger charge is 2.47. The van der Waals surface area contributed by atoms with Crippen LogP contribution in [0.2, 0.25) is 0 Å². The third-order valence-electron chi connectivity index (χ3n) is 3.87. The molecule has 0 aliphatic carbocycles. The third kappa shape index (κ3) is 4.09. The van der Waals surface area contributed by atoms with Crippen LogP contribution >= 0.6 is 0 Å². The van der Waals surface area contributed by atoms with Gasteiger partial charge in [0.1, 0.15) is 5.60 Å². The molecule has 1 aromatic rings. The Morgan fingerprint density at radius 3 is 2.35 bits per heavy atom. The van der Waals surface area contributed by atoms with E-state index in [0.717, 1.165) is 11.9 Å². The number of nitrogens with zero attached hydrogens (tertiary/aromatic N) is 2. The Kier molecular flexibility index (Phi) is 5.23. The molecule has 0 radical (unpaired) electrons. The number of aliphatic hydroxyl groups is 1.